The van der Waals surface area contributed by atoms with Gasteiger partial charge in [0, 0.05) is 32.0 Å². The Balaban J connectivity index is 0. The fourth-order valence-corrected chi connectivity index (χ4v) is 0.352. The van der Waals surface area contributed by atoms with E-state index in [9.17, 15) is 4.79 Å². The molecule has 0 atom stereocenters. The third-order valence-corrected chi connectivity index (χ3v) is 0.756. The largest absolute Gasteiger partial charge is 0.359 e. The van der Waals surface area contributed by atoms with Crippen LogP contribution in [0.4, 0.5) is 0 Å². The monoisotopic (exact) mass is 152 g/mol. The third kappa shape index (κ3) is 6.05. The Kier molecular flexibility index (Phi) is 9.64. The minimum atomic E-state index is 0. The number of nitrogens with one attached hydrogen (secondary N) is 1. The Bertz CT molecular complexity index is 65.4. The van der Waals surface area contributed by atoms with Gasteiger partial charge in [-0.2, -0.15) is 0 Å². The number of hydrogen-bond acceptors (Lipinski definition) is 1. The summed E-state index contributed by atoms with van der Waals surface area (Å²) in [5.41, 5.74) is 0. The van der Waals surface area contributed by atoms with Gasteiger partial charge in [0.2, 0.25) is 5.91 Å². The second kappa shape index (κ2) is 7.05. The molecule has 0 saturated heterocycles. The van der Waals surface area contributed by atoms with E-state index in [1.165, 1.54) is 0 Å². The number of carbonyl (C=O) groups excluding carboxylic acids is 1. The van der Waals surface area contributed by atoms with Gasteiger partial charge >= 0.3 is 0 Å². The molecule has 0 aliphatic heterocycles. The fourth-order valence-electron chi connectivity index (χ4n) is 0.352. The van der Waals surface area contributed by atoms with Crippen molar-refractivity contribution in [3.63, 3.8) is 0 Å². The van der Waals surface area contributed by atoms with E-state index in [2.05, 4.69) is 5.32 Å². The van der Waals surface area contributed by atoms with Gasteiger partial charge in [0.25, 0.3) is 0 Å². The molecule has 0 aromatic rings. The molecule has 0 heterocycles. The maximum atomic E-state index is 10.3. The first-order valence-electron chi connectivity index (χ1n) is 2.51. The van der Waals surface area contributed by atoms with Crippen molar-refractivity contribution in [1.29, 1.82) is 0 Å². The van der Waals surface area contributed by atoms with Crippen molar-refractivity contribution in [2.45, 2.75) is 19.8 Å². The standard InChI is InChI=1S/C5H11NO.V/c1-3-4-5(7)6-2;/h3-4H2,1-2H3,(H,6,7);. The van der Waals surface area contributed by atoms with Gasteiger partial charge < -0.3 is 5.32 Å². The van der Waals surface area contributed by atoms with Gasteiger partial charge in [-0.25, -0.2) is 0 Å². The van der Waals surface area contributed by atoms with E-state index in [4.69, 9.17) is 0 Å². The Morgan fingerprint density at radius 3 is 2.25 bits per heavy atom. The average molecular weight is 152 g/mol. The van der Waals surface area contributed by atoms with E-state index in [0.29, 0.717) is 6.42 Å². The SMILES string of the molecule is CCCC(=O)NC.[V]. The molecule has 0 rings (SSSR count). The average Bonchev–Trinajstić information content (AvgIpc) is 1.68. The van der Waals surface area contributed by atoms with E-state index in [1.54, 1.807) is 7.05 Å². The van der Waals surface area contributed by atoms with Crippen LogP contribution in [0.25, 0.3) is 0 Å². The molecule has 0 fully saturated rings. The van der Waals surface area contributed by atoms with Crippen molar-refractivity contribution in [2.75, 3.05) is 7.05 Å². The first kappa shape index (κ1) is 10.9. The molecule has 0 aliphatic carbocycles. The Morgan fingerprint density at radius 1 is 1.62 bits per heavy atom. The van der Waals surface area contributed by atoms with Gasteiger partial charge in [-0.15, -0.1) is 0 Å². The van der Waals surface area contributed by atoms with Crippen molar-refractivity contribution in [3.8, 4) is 0 Å². The van der Waals surface area contributed by atoms with Gasteiger partial charge in [-0.1, -0.05) is 6.92 Å². The van der Waals surface area contributed by atoms with Crippen molar-refractivity contribution >= 4 is 5.91 Å². The molecular weight excluding hydrogens is 141 g/mol. The Hall–Kier alpha value is 0.0544. The molecule has 0 aliphatic rings. The molecule has 0 bridgehead atoms. The van der Waals surface area contributed by atoms with Crippen molar-refractivity contribution in [1.82, 2.24) is 5.32 Å². The second-order valence-corrected chi connectivity index (χ2v) is 1.42. The van der Waals surface area contributed by atoms with Crippen LogP contribution >= 0.6 is 0 Å². The zero-order chi connectivity index (χ0) is 5.70. The summed E-state index contributed by atoms with van der Waals surface area (Å²) >= 11 is 0. The third-order valence-electron chi connectivity index (χ3n) is 0.756. The van der Waals surface area contributed by atoms with Crippen LogP contribution in [0.2, 0.25) is 0 Å². The molecule has 0 saturated carbocycles. The maximum absolute atomic E-state index is 10.3. The molecule has 2 nitrogen and oxygen atoms in total. The first-order chi connectivity index (χ1) is 3.31. The number of carbonyl (C=O) groups is 1. The van der Waals surface area contributed by atoms with E-state index in [-0.39, 0.29) is 24.5 Å². The smallest absolute Gasteiger partial charge is 0.219 e. The van der Waals surface area contributed by atoms with Crippen LogP contribution in [-0.4, -0.2) is 13.0 Å². The van der Waals surface area contributed by atoms with Gasteiger partial charge in [0.05, 0.1) is 0 Å². The van der Waals surface area contributed by atoms with Crippen LogP contribution in [0.1, 0.15) is 19.8 Å². The summed E-state index contributed by atoms with van der Waals surface area (Å²) in [4.78, 5) is 10.3. The summed E-state index contributed by atoms with van der Waals surface area (Å²) in [6.45, 7) is 1.98. The minimum absolute atomic E-state index is 0. The summed E-state index contributed by atoms with van der Waals surface area (Å²) in [5, 5.41) is 2.53. The summed E-state index contributed by atoms with van der Waals surface area (Å²) in [6.07, 6.45) is 1.58. The summed E-state index contributed by atoms with van der Waals surface area (Å²) in [5.74, 6) is 0.127. The molecule has 47 valence electrons. The molecule has 3 heteroatoms. The number of rotatable bonds is 2. The van der Waals surface area contributed by atoms with Crippen molar-refractivity contribution in [2.24, 2.45) is 0 Å². The summed E-state index contributed by atoms with van der Waals surface area (Å²) < 4.78 is 0. The van der Waals surface area contributed by atoms with Crippen molar-refractivity contribution in [3.05, 3.63) is 0 Å². The molecule has 0 aromatic carbocycles. The predicted octanol–water partition coefficient (Wildman–Crippen LogP) is 0.530. The number of hydrogen-bond donors (Lipinski definition) is 1. The zero-order valence-corrected chi connectivity index (χ0v) is 6.67. The van der Waals surface area contributed by atoms with Gasteiger partial charge in [0.15, 0.2) is 0 Å². The molecular formula is C5H11NOV. The quantitative estimate of drug-likeness (QED) is 0.614. The first-order valence-corrected chi connectivity index (χ1v) is 2.51. The van der Waals surface area contributed by atoms with E-state index >= 15 is 0 Å². The number of amides is 1. The van der Waals surface area contributed by atoms with Crippen LogP contribution in [0, 0.1) is 0 Å². The van der Waals surface area contributed by atoms with Gasteiger partial charge in [0.1, 0.15) is 0 Å². The van der Waals surface area contributed by atoms with Crippen LogP contribution < -0.4 is 5.32 Å². The van der Waals surface area contributed by atoms with Crippen LogP contribution in [0.5, 0.6) is 0 Å². The molecule has 1 amide bonds. The second-order valence-electron chi connectivity index (χ2n) is 1.42. The molecule has 0 unspecified atom stereocenters. The molecule has 0 spiro atoms. The van der Waals surface area contributed by atoms with Crippen LogP contribution in [0.15, 0.2) is 0 Å². The maximum Gasteiger partial charge on any atom is 0.219 e. The molecule has 8 heavy (non-hydrogen) atoms. The zero-order valence-electron chi connectivity index (χ0n) is 5.27. The topological polar surface area (TPSA) is 29.1 Å². The normalized spacial score (nSPS) is 7.25. The Morgan fingerprint density at radius 2 is 2.12 bits per heavy atom. The fraction of sp³-hybridized carbons (Fsp3) is 0.800. The van der Waals surface area contributed by atoms with E-state index < -0.39 is 0 Å². The van der Waals surface area contributed by atoms with Gasteiger partial charge in [-0.3, -0.25) is 4.79 Å². The summed E-state index contributed by atoms with van der Waals surface area (Å²) in [6, 6.07) is 0. The molecule has 1 N–H and O–H groups in total. The van der Waals surface area contributed by atoms with Crippen LogP contribution in [0.3, 0.4) is 0 Å². The molecule has 1 radical (unpaired) electrons. The Labute approximate surface area is 61.9 Å². The van der Waals surface area contributed by atoms with E-state index in [0.717, 1.165) is 6.42 Å². The van der Waals surface area contributed by atoms with Gasteiger partial charge in [-0.05, 0) is 6.42 Å². The molecule has 0 aromatic heterocycles. The van der Waals surface area contributed by atoms with Crippen LogP contribution in [-0.2, 0) is 23.4 Å². The summed E-state index contributed by atoms with van der Waals surface area (Å²) in [7, 11) is 1.65. The van der Waals surface area contributed by atoms with Crippen molar-refractivity contribution < 1.29 is 23.4 Å². The van der Waals surface area contributed by atoms with E-state index in [1.807, 2.05) is 6.92 Å². The minimum Gasteiger partial charge on any atom is -0.359 e. The predicted molar refractivity (Wildman–Crippen MR) is 29.0 cm³/mol.